The first-order valence-corrected chi connectivity index (χ1v) is 16.5. The van der Waals surface area contributed by atoms with E-state index in [0.29, 0.717) is 33.4 Å². The maximum atomic E-state index is 13.5. The Balaban J connectivity index is 1.22. The average molecular weight is 681 g/mol. The summed E-state index contributed by atoms with van der Waals surface area (Å²) in [4.78, 5) is 44.5. The number of anilines is 2. The molecule has 1 aromatic heterocycles. The van der Waals surface area contributed by atoms with Crippen LogP contribution in [0.4, 0.5) is 10.8 Å². The van der Waals surface area contributed by atoms with Gasteiger partial charge in [0.15, 0.2) is 16.6 Å². The highest BCUT2D eigenvalue weighted by Gasteiger charge is 2.18. The molecule has 0 saturated heterocycles. The van der Waals surface area contributed by atoms with Gasteiger partial charge in [-0.2, -0.15) is 0 Å². The van der Waals surface area contributed by atoms with Crippen LogP contribution in [0.15, 0.2) is 113 Å². The summed E-state index contributed by atoms with van der Waals surface area (Å²) in [7, 11) is 4.63. The minimum absolute atomic E-state index is 0.00211. The summed E-state index contributed by atoms with van der Waals surface area (Å²) in [5, 5.41) is 10.8. The van der Waals surface area contributed by atoms with Crippen LogP contribution >= 0.6 is 23.1 Å². The smallest absolute Gasteiger partial charge is 0.272 e. The molecule has 0 aliphatic heterocycles. The molecule has 5 rings (SSSR count). The predicted molar refractivity (Wildman–Crippen MR) is 190 cm³/mol. The Morgan fingerprint density at radius 1 is 0.833 bits per heavy atom. The number of benzene rings is 4. The molecule has 4 aromatic carbocycles. The minimum Gasteiger partial charge on any atom is -0.497 e. The van der Waals surface area contributed by atoms with Gasteiger partial charge in [-0.3, -0.25) is 14.4 Å². The van der Waals surface area contributed by atoms with E-state index in [4.69, 9.17) is 14.2 Å². The van der Waals surface area contributed by atoms with E-state index in [1.165, 1.54) is 43.4 Å². The summed E-state index contributed by atoms with van der Waals surface area (Å²) >= 11 is 2.69. The number of carbonyl (C=O) groups excluding carboxylic acids is 3. The molecule has 3 amide bonds. The second-order valence-electron chi connectivity index (χ2n) is 10.0. The van der Waals surface area contributed by atoms with Crippen molar-refractivity contribution in [1.82, 2.24) is 10.3 Å². The van der Waals surface area contributed by atoms with Crippen molar-refractivity contribution in [3.63, 3.8) is 0 Å². The molecule has 1 heterocycles. The van der Waals surface area contributed by atoms with Crippen LogP contribution in [0.3, 0.4) is 0 Å². The van der Waals surface area contributed by atoms with Gasteiger partial charge in [0.25, 0.3) is 11.8 Å². The lowest BCUT2D eigenvalue weighted by Gasteiger charge is -2.14. The standard InChI is InChI=1S/C36H32N4O6S2/c1-44-27-13-7-11-24(19-27)30-21-48-36(39-30)40-32(41)22-47-28-17-15-26(16-18-28)37-35(43)29(38-34(42)23-9-5-4-6-10-23)20-25-12-8-14-31(45-2)33(25)46-3/h4-21H,22H2,1-3H3,(H,37,43)(H,38,42)(H,39,40,41)/b29-20-. The summed E-state index contributed by atoms with van der Waals surface area (Å²) in [5.41, 5.74) is 3.08. The summed E-state index contributed by atoms with van der Waals surface area (Å²) in [5.74, 6) is 0.609. The highest BCUT2D eigenvalue weighted by molar-refractivity contribution is 8.00. The molecule has 0 radical (unpaired) electrons. The van der Waals surface area contributed by atoms with E-state index >= 15 is 0 Å². The van der Waals surface area contributed by atoms with Crippen LogP contribution in [0.25, 0.3) is 17.3 Å². The predicted octanol–water partition coefficient (Wildman–Crippen LogP) is 6.98. The maximum Gasteiger partial charge on any atom is 0.272 e. The third kappa shape index (κ3) is 8.81. The third-order valence-corrected chi connectivity index (χ3v) is 8.63. The SMILES string of the molecule is COc1cccc(-c2csc(NC(=O)CSc3ccc(NC(=O)/C(=C/c4cccc(OC)c4OC)NC(=O)c4ccccc4)cc3)n2)c1. The van der Waals surface area contributed by atoms with Gasteiger partial charge in [0, 0.05) is 32.7 Å². The number of para-hydroxylation sites is 1. The van der Waals surface area contributed by atoms with Crippen LogP contribution in [-0.4, -0.2) is 49.8 Å². The lowest BCUT2D eigenvalue weighted by Crippen LogP contribution is -2.30. The second-order valence-corrected chi connectivity index (χ2v) is 12.0. The van der Waals surface area contributed by atoms with Crippen molar-refractivity contribution in [1.29, 1.82) is 0 Å². The number of thioether (sulfide) groups is 1. The van der Waals surface area contributed by atoms with Crippen LogP contribution in [0, 0.1) is 0 Å². The van der Waals surface area contributed by atoms with Crippen molar-refractivity contribution in [2.24, 2.45) is 0 Å². The number of rotatable bonds is 13. The quantitative estimate of drug-likeness (QED) is 0.0899. The van der Waals surface area contributed by atoms with Crippen LogP contribution in [0.2, 0.25) is 0 Å². The topological polar surface area (TPSA) is 128 Å². The molecule has 5 aromatic rings. The number of hydrogen-bond donors (Lipinski definition) is 3. The fourth-order valence-electron chi connectivity index (χ4n) is 4.51. The number of thiazole rings is 1. The molecule has 3 N–H and O–H groups in total. The lowest BCUT2D eigenvalue weighted by molar-refractivity contribution is -0.114. The normalized spacial score (nSPS) is 10.9. The van der Waals surface area contributed by atoms with Crippen molar-refractivity contribution < 1.29 is 28.6 Å². The zero-order valence-electron chi connectivity index (χ0n) is 26.3. The van der Waals surface area contributed by atoms with E-state index in [-0.39, 0.29) is 17.4 Å². The molecule has 48 heavy (non-hydrogen) atoms. The zero-order chi connectivity index (χ0) is 33.9. The lowest BCUT2D eigenvalue weighted by atomic mass is 10.1. The number of amides is 3. The molecule has 0 atom stereocenters. The second kappa shape index (κ2) is 16.3. The van der Waals surface area contributed by atoms with Crippen molar-refractivity contribution in [2.45, 2.75) is 4.90 Å². The molecule has 0 saturated carbocycles. The summed E-state index contributed by atoms with van der Waals surface area (Å²) in [6.07, 6.45) is 1.53. The van der Waals surface area contributed by atoms with Gasteiger partial charge in [0.05, 0.1) is 32.8 Å². The van der Waals surface area contributed by atoms with Crippen molar-refractivity contribution in [2.75, 3.05) is 37.7 Å². The van der Waals surface area contributed by atoms with E-state index in [1.54, 1.807) is 79.9 Å². The van der Waals surface area contributed by atoms with E-state index in [9.17, 15) is 14.4 Å². The van der Waals surface area contributed by atoms with Gasteiger partial charge in [-0.15, -0.1) is 23.1 Å². The Morgan fingerprint density at radius 2 is 1.60 bits per heavy atom. The van der Waals surface area contributed by atoms with Crippen molar-refractivity contribution in [3.05, 3.63) is 119 Å². The molecule has 0 aliphatic carbocycles. The van der Waals surface area contributed by atoms with Gasteiger partial charge in [0.1, 0.15) is 11.4 Å². The van der Waals surface area contributed by atoms with Gasteiger partial charge in [-0.1, -0.05) is 42.5 Å². The first kappa shape index (κ1) is 33.8. The van der Waals surface area contributed by atoms with Gasteiger partial charge in [-0.05, 0) is 60.7 Å². The minimum atomic E-state index is -0.541. The highest BCUT2D eigenvalue weighted by atomic mass is 32.2. The van der Waals surface area contributed by atoms with E-state index in [1.807, 2.05) is 29.6 Å². The first-order chi connectivity index (χ1) is 23.4. The molecule has 10 nitrogen and oxygen atoms in total. The van der Waals surface area contributed by atoms with Crippen LogP contribution < -0.4 is 30.2 Å². The molecule has 0 unspecified atom stereocenters. The molecule has 0 aliphatic rings. The Bertz CT molecular complexity index is 1930. The maximum absolute atomic E-state index is 13.5. The zero-order valence-corrected chi connectivity index (χ0v) is 27.9. The number of hydrogen-bond acceptors (Lipinski definition) is 9. The first-order valence-electron chi connectivity index (χ1n) is 14.6. The summed E-state index contributed by atoms with van der Waals surface area (Å²) in [6, 6.07) is 28.5. The number of nitrogens with zero attached hydrogens (tertiary/aromatic N) is 1. The number of methoxy groups -OCH3 is 3. The fraction of sp³-hybridized carbons (Fsp3) is 0.111. The van der Waals surface area contributed by atoms with Crippen LogP contribution in [-0.2, 0) is 9.59 Å². The van der Waals surface area contributed by atoms with Crippen molar-refractivity contribution in [3.8, 4) is 28.5 Å². The van der Waals surface area contributed by atoms with Crippen molar-refractivity contribution >= 4 is 57.7 Å². The van der Waals surface area contributed by atoms with Gasteiger partial charge in [-0.25, -0.2) is 4.98 Å². The number of aromatic nitrogens is 1. The molecule has 0 fully saturated rings. The Morgan fingerprint density at radius 3 is 2.33 bits per heavy atom. The molecule has 0 bridgehead atoms. The Labute approximate surface area is 286 Å². The number of nitrogens with one attached hydrogen (secondary N) is 3. The number of ether oxygens (including phenoxy) is 3. The molecule has 0 spiro atoms. The van der Waals surface area contributed by atoms with Gasteiger partial charge >= 0.3 is 0 Å². The number of carbonyl (C=O) groups is 3. The Kier molecular flexibility index (Phi) is 11.5. The fourth-order valence-corrected chi connectivity index (χ4v) is 5.94. The average Bonchev–Trinajstić information content (AvgIpc) is 3.59. The van der Waals surface area contributed by atoms with Crippen LogP contribution in [0.5, 0.6) is 17.2 Å². The third-order valence-electron chi connectivity index (χ3n) is 6.86. The van der Waals surface area contributed by atoms with Gasteiger partial charge in [0.2, 0.25) is 5.91 Å². The monoisotopic (exact) mass is 680 g/mol. The Hall–Kier alpha value is -5.59. The highest BCUT2D eigenvalue weighted by Crippen LogP contribution is 2.32. The molecular formula is C36H32N4O6S2. The van der Waals surface area contributed by atoms with E-state index < -0.39 is 11.8 Å². The van der Waals surface area contributed by atoms with E-state index in [2.05, 4.69) is 20.9 Å². The molecule has 244 valence electrons. The van der Waals surface area contributed by atoms with Gasteiger partial charge < -0.3 is 30.2 Å². The van der Waals surface area contributed by atoms with E-state index in [0.717, 1.165) is 21.9 Å². The largest absolute Gasteiger partial charge is 0.497 e. The molecule has 12 heteroatoms. The van der Waals surface area contributed by atoms with Crippen LogP contribution in [0.1, 0.15) is 15.9 Å². The summed E-state index contributed by atoms with van der Waals surface area (Å²) in [6.45, 7) is 0. The summed E-state index contributed by atoms with van der Waals surface area (Å²) < 4.78 is 16.2. The molecular weight excluding hydrogens is 649 g/mol.